The van der Waals surface area contributed by atoms with E-state index >= 15 is 0 Å². The highest BCUT2D eigenvalue weighted by molar-refractivity contribution is 6.30. The summed E-state index contributed by atoms with van der Waals surface area (Å²) < 4.78 is 0. The van der Waals surface area contributed by atoms with Gasteiger partial charge in [0, 0.05) is 23.8 Å². The van der Waals surface area contributed by atoms with Crippen molar-refractivity contribution in [3.05, 3.63) is 41.9 Å². The zero-order chi connectivity index (χ0) is 15.1. The first-order valence-electron chi connectivity index (χ1n) is 6.14. The summed E-state index contributed by atoms with van der Waals surface area (Å²) in [7, 11) is 0. The lowest BCUT2D eigenvalue weighted by atomic mass is 10.3. The van der Waals surface area contributed by atoms with Gasteiger partial charge in [-0.15, -0.1) is 6.58 Å². The maximum atomic E-state index is 12.4. The van der Waals surface area contributed by atoms with Crippen molar-refractivity contribution in [2.75, 3.05) is 24.5 Å². The molecule has 6 heteroatoms. The fraction of sp³-hybridized carbons (Fsp3) is 0.286. The van der Waals surface area contributed by atoms with Crippen molar-refractivity contribution in [1.29, 1.82) is 0 Å². The molecule has 5 nitrogen and oxygen atoms in total. The van der Waals surface area contributed by atoms with Crippen molar-refractivity contribution < 1.29 is 14.7 Å². The van der Waals surface area contributed by atoms with Gasteiger partial charge < -0.3 is 10.0 Å². The van der Waals surface area contributed by atoms with Gasteiger partial charge in [0.1, 0.15) is 6.54 Å². The number of rotatable bonds is 6. The molecule has 1 aromatic carbocycles. The zero-order valence-electron chi connectivity index (χ0n) is 11.3. The smallest absolute Gasteiger partial charge is 0.325 e. The van der Waals surface area contributed by atoms with E-state index in [0.717, 1.165) is 0 Å². The minimum absolute atomic E-state index is 0.353. The van der Waals surface area contributed by atoms with Crippen LogP contribution < -0.4 is 4.90 Å². The van der Waals surface area contributed by atoms with Gasteiger partial charge in [-0.2, -0.15) is 0 Å². The Labute approximate surface area is 123 Å². The highest BCUT2D eigenvalue weighted by Crippen LogP contribution is 2.20. The fourth-order valence-corrected chi connectivity index (χ4v) is 1.90. The van der Waals surface area contributed by atoms with Crippen molar-refractivity contribution in [2.24, 2.45) is 0 Å². The van der Waals surface area contributed by atoms with Gasteiger partial charge in [-0.1, -0.05) is 23.7 Å². The average molecular weight is 297 g/mol. The van der Waals surface area contributed by atoms with Gasteiger partial charge in [-0.05, 0) is 25.1 Å². The summed E-state index contributed by atoms with van der Waals surface area (Å²) in [5, 5.41) is 9.42. The summed E-state index contributed by atoms with van der Waals surface area (Å²) in [6, 6.07) is 6.15. The number of nitrogens with zero attached hydrogens (tertiary/aromatic N) is 2. The van der Waals surface area contributed by atoms with Crippen LogP contribution in [0.15, 0.2) is 36.9 Å². The molecule has 0 aliphatic heterocycles. The van der Waals surface area contributed by atoms with Gasteiger partial charge >= 0.3 is 12.0 Å². The van der Waals surface area contributed by atoms with Crippen molar-refractivity contribution >= 4 is 29.3 Å². The Morgan fingerprint density at radius 1 is 1.45 bits per heavy atom. The molecule has 0 aromatic heterocycles. The van der Waals surface area contributed by atoms with E-state index in [1.807, 2.05) is 6.92 Å². The molecular formula is C14H17ClN2O3. The minimum atomic E-state index is -1.09. The number of halogens is 1. The number of hydrogen-bond acceptors (Lipinski definition) is 2. The quantitative estimate of drug-likeness (QED) is 0.821. The second-order valence-electron chi connectivity index (χ2n) is 4.07. The normalized spacial score (nSPS) is 9.90. The molecular weight excluding hydrogens is 280 g/mol. The van der Waals surface area contributed by atoms with E-state index in [1.165, 1.54) is 9.80 Å². The summed E-state index contributed by atoms with van der Waals surface area (Å²) in [6.07, 6.45) is 1.60. The molecule has 0 aliphatic carbocycles. The molecule has 0 bridgehead atoms. The van der Waals surface area contributed by atoms with Gasteiger partial charge in [0.25, 0.3) is 0 Å². The predicted molar refractivity (Wildman–Crippen MR) is 79.3 cm³/mol. The van der Waals surface area contributed by atoms with Crippen LogP contribution in [0, 0.1) is 0 Å². The molecule has 0 unspecified atom stereocenters. The van der Waals surface area contributed by atoms with E-state index in [2.05, 4.69) is 6.58 Å². The van der Waals surface area contributed by atoms with E-state index in [0.29, 0.717) is 23.8 Å². The molecule has 0 saturated carbocycles. The molecule has 0 radical (unpaired) electrons. The standard InChI is InChI=1S/C14H17ClN2O3/c1-3-8-16(4-2)14(20)17(10-13(18)19)12-7-5-6-11(15)9-12/h3,5-7,9H,1,4,8,10H2,2H3,(H,18,19). The fourth-order valence-electron chi connectivity index (χ4n) is 1.72. The molecule has 0 heterocycles. The van der Waals surface area contributed by atoms with E-state index in [1.54, 1.807) is 30.3 Å². The molecule has 0 spiro atoms. The number of hydrogen-bond donors (Lipinski definition) is 1. The van der Waals surface area contributed by atoms with Crippen LogP contribution in [-0.2, 0) is 4.79 Å². The monoisotopic (exact) mass is 296 g/mol. The van der Waals surface area contributed by atoms with Crippen molar-refractivity contribution in [2.45, 2.75) is 6.92 Å². The number of benzene rings is 1. The second kappa shape index (κ2) is 7.55. The maximum Gasteiger partial charge on any atom is 0.325 e. The lowest BCUT2D eigenvalue weighted by molar-refractivity contribution is -0.135. The second-order valence-corrected chi connectivity index (χ2v) is 4.51. The average Bonchev–Trinajstić information content (AvgIpc) is 2.41. The number of carboxylic acids is 1. The number of carbonyl (C=O) groups is 2. The largest absolute Gasteiger partial charge is 0.480 e. The van der Waals surface area contributed by atoms with Crippen molar-refractivity contribution in [3.63, 3.8) is 0 Å². The van der Waals surface area contributed by atoms with E-state index in [4.69, 9.17) is 16.7 Å². The summed E-state index contributed by atoms with van der Waals surface area (Å²) in [5.74, 6) is -1.09. The topological polar surface area (TPSA) is 60.9 Å². The maximum absolute atomic E-state index is 12.4. The first kappa shape index (κ1) is 16.0. The van der Waals surface area contributed by atoms with Gasteiger partial charge in [0.2, 0.25) is 0 Å². The van der Waals surface area contributed by atoms with Gasteiger partial charge in [-0.3, -0.25) is 9.69 Å². The zero-order valence-corrected chi connectivity index (χ0v) is 12.0. The molecule has 1 aromatic rings. The van der Waals surface area contributed by atoms with Crippen molar-refractivity contribution in [1.82, 2.24) is 4.90 Å². The number of carbonyl (C=O) groups excluding carboxylic acids is 1. The third kappa shape index (κ3) is 4.28. The molecule has 0 saturated heterocycles. The van der Waals surface area contributed by atoms with E-state index < -0.39 is 18.5 Å². The highest BCUT2D eigenvalue weighted by Gasteiger charge is 2.23. The summed E-state index contributed by atoms with van der Waals surface area (Å²) in [4.78, 5) is 26.1. The molecule has 2 amide bonds. The van der Waals surface area contributed by atoms with Crippen LogP contribution in [0.4, 0.5) is 10.5 Å². The van der Waals surface area contributed by atoms with Crippen LogP contribution in [0.1, 0.15) is 6.92 Å². The number of aliphatic carboxylic acids is 1. The van der Waals surface area contributed by atoms with Crippen LogP contribution in [0.3, 0.4) is 0 Å². The van der Waals surface area contributed by atoms with E-state index in [9.17, 15) is 9.59 Å². The van der Waals surface area contributed by atoms with Gasteiger partial charge in [0.15, 0.2) is 0 Å². The first-order valence-corrected chi connectivity index (χ1v) is 6.52. The Bertz CT molecular complexity index is 505. The molecule has 1 rings (SSSR count). The molecule has 0 atom stereocenters. The first-order chi connectivity index (χ1) is 9.49. The minimum Gasteiger partial charge on any atom is -0.480 e. The Kier molecular flexibility index (Phi) is 6.06. The van der Waals surface area contributed by atoms with Crippen molar-refractivity contribution in [3.8, 4) is 0 Å². The number of likely N-dealkylation sites (N-methyl/N-ethyl adjacent to an activating group) is 1. The molecule has 0 fully saturated rings. The molecule has 108 valence electrons. The summed E-state index contributed by atoms with van der Waals surface area (Å²) >= 11 is 5.89. The predicted octanol–water partition coefficient (Wildman–Crippen LogP) is 2.86. The summed E-state index contributed by atoms with van der Waals surface area (Å²) in [6.45, 7) is 5.80. The third-order valence-corrected chi connectivity index (χ3v) is 2.88. The lowest BCUT2D eigenvalue weighted by Crippen LogP contribution is -2.45. The van der Waals surface area contributed by atoms with Gasteiger partial charge in [-0.25, -0.2) is 4.79 Å². The highest BCUT2D eigenvalue weighted by atomic mass is 35.5. The Hall–Kier alpha value is -2.01. The van der Waals surface area contributed by atoms with Crippen LogP contribution in [-0.4, -0.2) is 41.6 Å². The molecule has 20 heavy (non-hydrogen) atoms. The molecule has 1 N–H and O–H groups in total. The van der Waals surface area contributed by atoms with Crippen LogP contribution in [0.2, 0.25) is 5.02 Å². The third-order valence-electron chi connectivity index (χ3n) is 2.65. The Morgan fingerprint density at radius 3 is 2.65 bits per heavy atom. The number of amides is 2. The number of anilines is 1. The number of urea groups is 1. The lowest BCUT2D eigenvalue weighted by Gasteiger charge is -2.28. The number of carboxylic acid groups (broad SMARTS) is 1. The Balaban J connectivity index is 3.08. The van der Waals surface area contributed by atoms with Crippen LogP contribution in [0.5, 0.6) is 0 Å². The molecule has 0 aliphatic rings. The Morgan fingerprint density at radius 2 is 2.15 bits per heavy atom. The van der Waals surface area contributed by atoms with Crippen LogP contribution in [0.25, 0.3) is 0 Å². The van der Waals surface area contributed by atoms with Crippen LogP contribution >= 0.6 is 11.6 Å². The summed E-state index contributed by atoms with van der Waals surface area (Å²) in [5.41, 5.74) is 0.451. The van der Waals surface area contributed by atoms with E-state index in [-0.39, 0.29) is 0 Å². The van der Waals surface area contributed by atoms with Gasteiger partial charge in [0.05, 0.1) is 0 Å². The SMILES string of the molecule is C=CCN(CC)C(=O)N(CC(=O)O)c1cccc(Cl)c1.